The van der Waals surface area contributed by atoms with Crippen LogP contribution in [0.1, 0.15) is 0 Å². The van der Waals surface area contributed by atoms with E-state index in [-0.39, 0.29) is 0 Å². The molecule has 0 bridgehead atoms. The van der Waals surface area contributed by atoms with Gasteiger partial charge >= 0.3 is 17.6 Å². The fourth-order valence-corrected chi connectivity index (χ4v) is 7.24. The first-order valence-electron chi connectivity index (χ1n) is 5.03. The van der Waals surface area contributed by atoms with E-state index < -0.39 is 17.6 Å². The van der Waals surface area contributed by atoms with Crippen molar-refractivity contribution in [1.29, 1.82) is 0 Å². The molecule has 0 N–H and O–H groups in total. The smallest absolute Gasteiger partial charge is 0.374 e. The van der Waals surface area contributed by atoms with Gasteiger partial charge in [0.15, 0.2) is 0 Å². The number of hydrogen-bond donors (Lipinski definition) is 0. The molecule has 0 atom stereocenters. The summed E-state index contributed by atoms with van der Waals surface area (Å²) in [7, 11) is 2.89. The van der Waals surface area contributed by atoms with Gasteiger partial charge in [-0.15, -0.1) is 13.2 Å². The highest BCUT2D eigenvalue weighted by molar-refractivity contribution is 6.91. The van der Waals surface area contributed by atoms with Gasteiger partial charge in [0.1, 0.15) is 0 Å². The van der Waals surface area contributed by atoms with Crippen LogP contribution in [0.4, 0.5) is 0 Å². The lowest BCUT2D eigenvalue weighted by Gasteiger charge is -2.33. The van der Waals surface area contributed by atoms with Gasteiger partial charge in [-0.2, -0.15) is 0 Å². The molecule has 0 radical (unpaired) electrons. The third kappa shape index (κ3) is 3.83. The van der Waals surface area contributed by atoms with E-state index in [1.807, 2.05) is 0 Å². The van der Waals surface area contributed by atoms with Crippen molar-refractivity contribution in [2.45, 2.75) is 0 Å². The Morgan fingerprint density at radius 2 is 0.778 bits per heavy atom. The maximum Gasteiger partial charge on any atom is 0.534 e. The molecule has 0 saturated carbocycles. The van der Waals surface area contributed by atoms with E-state index in [2.05, 4.69) is 19.7 Å². The predicted molar refractivity (Wildman–Crippen MR) is 74.0 cm³/mol. The molecule has 8 heteroatoms. The molecule has 0 saturated heterocycles. The summed E-state index contributed by atoms with van der Waals surface area (Å²) in [6.45, 7) is 9.90. The molecular formula is C10H24O6Si2. The summed E-state index contributed by atoms with van der Waals surface area (Å²) in [6, 6.07) is 0. The monoisotopic (exact) mass is 296 g/mol. The van der Waals surface area contributed by atoms with Gasteiger partial charge < -0.3 is 26.6 Å². The van der Waals surface area contributed by atoms with Crippen molar-refractivity contribution in [3.63, 3.8) is 0 Å². The Labute approximate surface area is 112 Å². The first-order chi connectivity index (χ1) is 8.52. The molecule has 0 fully saturated rings. The summed E-state index contributed by atoms with van der Waals surface area (Å²) in [4.78, 5) is 0.472. The fourth-order valence-electron chi connectivity index (χ4n) is 1.43. The summed E-state index contributed by atoms with van der Waals surface area (Å²) in [5, 5.41) is 0. The Morgan fingerprint density at radius 1 is 0.611 bits per heavy atom. The van der Waals surface area contributed by atoms with Crippen LogP contribution in [0.25, 0.3) is 0 Å². The number of rotatable bonds is 8. The molecule has 0 amide bonds. The van der Waals surface area contributed by atoms with E-state index in [9.17, 15) is 0 Å². The van der Waals surface area contributed by atoms with Crippen molar-refractivity contribution >= 4 is 17.6 Å². The van der Waals surface area contributed by atoms with Crippen LogP contribution in [-0.2, 0) is 26.6 Å². The average Bonchev–Trinajstić information content (AvgIpc) is 2.46. The molecule has 0 spiro atoms. The first kappa shape index (κ1) is 20.0. The summed E-state index contributed by atoms with van der Waals surface area (Å²) in [6.07, 6.45) is 0. The Morgan fingerprint density at radius 3 is 0.889 bits per heavy atom. The molecule has 108 valence electrons. The topological polar surface area (TPSA) is 55.4 Å². The zero-order valence-corrected chi connectivity index (χ0v) is 14.1. The second-order valence-corrected chi connectivity index (χ2v) is 9.20. The molecule has 0 heterocycles. The number of hydrogen-bond acceptors (Lipinski definition) is 6. The van der Waals surface area contributed by atoms with E-state index in [1.54, 1.807) is 0 Å². The maximum absolute atomic E-state index is 5.30. The minimum absolute atomic E-state index is 0.472. The molecule has 0 aromatic heterocycles. The highest BCUT2D eigenvalue weighted by Gasteiger charge is 2.58. The lowest BCUT2D eigenvalue weighted by atomic mass is 11.2. The van der Waals surface area contributed by atoms with Crippen LogP contribution in [0.2, 0.25) is 0 Å². The molecule has 0 aromatic carbocycles. The summed E-state index contributed by atoms with van der Waals surface area (Å²) in [5.41, 5.74) is 0. The molecule has 0 rings (SSSR count). The summed E-state index contributed by atoms with van der Waals surface area (Å²) in [5.74, 6) is 0. The lowest BCUT2D eigenvalue weighted by molar-refractivity contribution is 0.112. The quantitative estimate of drug-likeness (QED) is 0.495. The van der Waals surface area contributed by atoms with E-state index >= 15 is 0 Å². The average molecular weight is 296 g/mol. The predicted octanol–water partition coefficient (Wildman–Crippen LogP) is 1.18. The van der Waals surface area contributed by atoms with E-state index in [1.165, 1.54) is 42.7 Å². The largest absolute Gasteiger partial charge is 0.534 e. The molecular weight excluding hydrogens is 272 g/mol. The lowest BCUT2D eigenvalue weighted by Crippen LogP contribution is -2.59. The van der Waals surface area contributed by atoms with Crippen molar-refractivity contribution < 1.29 is 26.6 Å². The minimum Gasteiger partial charge on any atom is -0.374 e. The van der Waals surface area contributed by atoms with Crippen LogP contribution in [0, 0.1) is 0 Å². The second-order valence-electron chi connectivity index (χ2n) is 2.82. The SMILES string of the molecule is C=C.C=C([Si](OC)(OC)OC)[Si](OC)(OC)OC. The van der Waals surface area contributed by atoms with Gasteiger partial charge in [-0.3, -0.25) is 0 Å². The summed E-state index contributed by atoms with van der Waals surface area (Å²) < 4.78 is 31.8. The van der Waals surface area contributed by atoms with Gasteiger partial charge in [0.25, 0.3) is 0 Å². The zero-order valence-electron chi connectivity index (χ0n) is 12.1. The second kappa shape index (κ2) is 9.58. The Bertz CT molecular complexity index is 202. The highest BCUT2D eigenvalue weighted by Crippen LogP contribution is 2.26. The van der Waals surface area contributed by atoms with Gasteiger partial charge in [0.05, 0.1) is 4.82 Å². The van der Waals surface area contributed by atoms with Crippen molar-refractivity contribution in [1.82, 2.24) is 0 Å². The summed E-state index contributed by atoms with van der Waals surface area (Å²) >= 11 is 0. The van der Waals surface area contributed by atoms with Gasteiger partial charge in [-0.1, -0.05) is 6.58 Å². The van der Waals surface area contributed by atoms with E-state index in [0.717, 1.165) is 0 Å². The van der Waals surface area contributed by atoms with Gasteiger partial charge in [0, 0.05) is 42.7 Å². The highest BCUT2D eigenvalue weighted by atomic mass is 28.5. The van der Waals surface area contributed by atoms with Gasteiger partial charge in [-0.05, 0) is 0 Å². The van der Waals surface area contributed by atoms with Gasteiger partial charge in [0.2, 0.25) is 0 Å². The van der Waals surface area contributed by atoms with E-state index in [4.69, 9.17) is 26.6 Å². The van der Waals surface area contributed by atoms with Crippen LogP contribution >= 0.6 is 0 Å². The maximum atomic E-state index is 5.30. The van der Waals surface area contributed by atoms with E-state index in [0.29, 0.717) is 4.82 Å². The molecule has 0 aliphatic carbocycles. The van der Waals surface area contributed by atoms with Crippen LogP contribution in [0.15, 0.2) is 24.6 Å². The molecule has 0 aromatic rings. The van der Waals surface area contributed by atoms with Crippen LogP contribution in [-0.4, -0.2) is 60.3 Å². The molecule has 6 nitrogen and oxygen atoms in total. The van der Waals surface area contributed by atoms with Crippen LogP contribution < -0.4 is 0 Å². The van der Waals surface area contributed by atoms with Crippen molar-refractivity contribution in [3.8, 4) is 0 Å². The van der Waals surface area contributed by atoms with Crippen LogP contribution in [0.3, 0.4) is 0 Å². The first-order valence-corrected chi connectivity index (χ1v) is 8.48. The van der Waals surface area contributed by atoms with Crippen molar-refractivity contribution in [2.75, 3.05) is 42.7 Å². The molecule has 0 unspecified atom stereocenters. The molecule has 0 aliphatic rings. The standard InChI is InChI=1S/C8H20O6Si2.C2H4/c1-8(15(9-2,10-3)11-4)16(12-5,13-6)14-7;1-2/h1H2,2-7H3;1-2H2. The molecule has 18 heavy (non-hydrogen) atoms. The van der Waals surface area contributed by atoms with Crippen molar-refractivity contribution in [3.05, 3.63) is 24.6 Å². The normalized spacial score (nSPS) is 11.7. The fraction of sp³-hybridized carbons (Fsp3) is 0.600. The third-order valence-electron chi connectivity index (χ3n) is 2.35. The zero-order chi connectivity index (χ0) is 14.8. The minimum atomic E-state index is -3.03. The Balaban J connectivity index is 0. The van der Waals surface area contributed by atoms with Crippen LogP contribution in [0.5, 0.6) is 0 Å². The molecule has 0 aliphatic heterocycles. The Kier molecular flexibility index (Phi) is 10.6. The van der Waals surface area contributed by atoms with Gasteiger partial charge in [-0.25, -0.2) is 0 Å². The van der Waals surface area contributed by atoms with Crippen molar-refractivity contribution in [2.24, 2.45) is 0 Å². The Hall–Kier alpha value is -0.326. The third-order valence-corrected chi connectivity index (χ3v) is 8.89.